The van der Waals surface area contributed by atoms with E-state index in [1.54, 1.807) is 0 Å². The van der Waals surface area contributed by atoms with Gasteiger partial charge in [-0.05, 0) is 30.7 Å². The highest BCUT2D eigenvalue weighted by Crippen LogP contribution is 2.36. The Hall–Kier alpha value is -0.960. The average Bonchev–Trinajstić information content (AvgIpc) is 2.13. The van der Waals surface area contributed by atoms with Crippen molar-refractivity contribution in [3.05, 3.63) is 35.4 Å². The van der Waals surface area contributed by atoms with Crippen LogP contribution in [0.3, 0.4) is 0 Å². The number of hydrogen-bond donors (Lipinski definition) is 1. The second-order valence-corrected chi connectivity index (χ2v) is 5.85. The molecule has 3 heteroatoms. The van der Waals surface area contributed by atoms with Crippen LogP contribution in [-0.4, -0.2) is 5.11 Å². The van der Waals surface area contributed by atoms with Crippen LogP contribution in [-0.2, 0) is 5.60 Å². The minimum absolute atomic E-state index is 0.200. The van der Waals surface area contributed by atoms with Crippen molar-refractivity contribution in [3.63, 3.8) is 0 Å². The van der Waals surface area contributed by atoms with Crippen molar-refractivity contribution >= 4 is 0 Å². The second-order valence-electron chi connectivity index (χ2n) is 5.85. The van der Waals surface area contributed by atoms with E-state index in [0.717, 1.165) is 6.07 Å². The topological polar surface area (TPSA) is 20.2 Å². The molecule has 0 bridgehead atoms. The van der Waals surface area contributed by atoms with E-state index < -0.39 is 17.2 Å². The molecule has 1 aromatic rings. The molecule has 0 aromatic heterocycles. The van der Waals surface area contributed by atoms with Crippen LogP contribution >= 0.6 is 0 Å². The van der Waals surface area contributed by atoms with Crippen molar-refractivity contribution in [1.29, 1.82) is 0 Å². The lowest BCUT2D eigenvalue weighted by Crippen LogP contribution is -2.30. The second kappa shape index (κ2) is 5.79. The lowest BCUT2D eigenvalue weighted by Gasteiger charge is -2.32. The van der Waals surface area contributed by atoms with Gasteiger partial charge in [0, 0.05) is 11.6 Å². The summed E-state index contributed by atoms with van der Waals surface area (Å²) in [6, 6.07) is 3.39. The standard InChI is InChI=1S/C15H22F2O/c1-10(2)8-15(18,9-11(3)4)13-6-5-12(16)7-14(13)17/h5-7,10-11,18H,8-9H2,1-4H3. The number of halogens is 2. The molecule has 0 aliphatic heterocycles. The Bertz CT molecular complexity index is 389. The highest BCUT2D eigenvalue weighted by Gasteiger charge is 2.33. The highest BCUT2D eigenvalue weighted by atomic mass is 19.1. The van der Waals surface area contributed by atoms with Crippen LogP contribution in [0.25, 0.3) is 0 Å². The maximum Gasteiger partial charge on any atom is 0.132 e. The fourth-order valence-corrected chi connectivity index (χ4v) is 2.52. The fourth-order valence-electron chi connectivity index (χ4n) is 2.52. The molecular formula is C15H22F2O. The van der Waals surface area contributed by atoms with Crippen molar-refractivity contribution in [2.45, 2.75) is 46.1 Å². The number of rotatable bonds is 5. The van der Waals surface area contributed by atoms with Crippen LogP contribution in [0.15, 0.2) is 18.2 Å². The summed E-state index contributed by atoms with van der Waals surface area (Å²) in [7, 11) is 0. The quantitative estimate of drug-likeness (QED) is 0.835. The molecular weight excluding hydrogens is 234 g/mol. The molecule has 0 saturated carbocycles. The Labute approximate surface area is 108 Å². The minimum Gasteiger partial charge on any atom is -0.385 e. The summed E-state index contributed by atoms with van der Waals surface area (Å²) in [6.07, 6.45) is 0.932. The Morgan fingerprint density at radius 2 is 1.56 bits per heavy atom. The number of hydrogen-bond acceptors (Lipinski definition) is 1. The molecule has 1 N–H and O–H groups in total. The first kappa shape index (κ1) is 15.1. The van der Waals surface area contributed by atoms with Gasteiger partial charge in [0.15, 0.2) is 0 Å². The molecule has 18 heavy (non-hydrogen) atoms. The Kier molecular flexibility index (Phi) is 4.85. The molecule has 0 spiro atoms. The van der Waals surface area contributed by atoms with Gasteiger partial charge in [-0.25, -0.2) is 8.78 Å². The van der Waals surface area contributed by atoms with Crippen molar-refractivity contribution in [1.82, 2.24) is 0 Å². The Balaban J connectivity index is 3.16. The molecule has 0 heterocycles. The molecule has 0 saturated heterocycles. The largest absolute Gasteiger partial charge is 0.385 e. The Morgan fingerprint density at radius 3 is 1.94 bits per heavy atom. The Morgan fingerprint density at radius 1 is 1.06 bits per heavy atom. The van der Waals surface area contributed by atoms with E-state index in [2.05, 4.69) is 0 Å². The lowest BCUT2D eigenvalue weighted by atomic mass is 9.79. The van der Waals surface area contributed by atoms with Crippen LogP contribution in [0.5, 0.6) is 0 Å². The van der Waals surface area contributed by atoms with Crippen molar-refractivity contribution < 1.29 is 13.9 Å². The summed E-state index contributed by atoms with van der Waals surface area (Å²) in [5.41, 5.74) is -1.02. The highest BCUT2D eigenvalue weighted by molar-refractivity contribution is 5.25. The molecule has 1 aromatic carbocycles. The summed E-state index contributed by atoms with van der Waals surface area (Å²) in [5, 5.41) is 10.7. The first-order valence-corrected chi connectivity index (χ1v) is 6.42. The first-order chi connectivity index (χ1) is 8.24. The predicted octanol–water partition coefficient (Wildman–Crippen LogP) is 4.24. The van der Waals surface area contributed by atoms with Crippen LogP contribution in [0.4, 0.5) is 8.78 Å². The van der Waals surface area contributed by atoms with Crippen LogP contribution < -0.4 is 0 Å². The maximum absolute atomic E-state index is 13.8. The van der Waals surface area contributed by atoms with Gasteiger partial charge >= 0.3 is 0 Å². The van der Waals surface area contributed by atoms with Crippen LogP contribution in [0.2, 0.25) is 0 Å². The molecule has 0 aliphatic rings. The molecule has 0 aliphatic carbocycles. The van der Waals surface area contributed by atoms with Crippen molar-refractivity contribution in [2.24, 2.45) is 11.8 Å². The maximum atomic E-state index is 13.8. The zero-order valence-corrected chi connectivity index (χ0v) is 11.5. The van der Waals surface area contributed by atoms with Crippen molar-refractivity contribution in [3.8, 4) is 0 Å². The van der Waals surface area contributed by atoms with E-state index in [1.165, 1.54) is 12.1 Å². The molecule has 0 atom stereocenters. The molecule has 102 valence electrons. The third kappa shape index (κ3) is 3.77. The summed E-state index contributed by atoms with van der Waals surface area (Å²) in [4.78, 5) is 0. The summed E-state index contributed by atoms with van der Waals surface area (Å²) in [5.74, 6) is -0.817. The van der Waals surface area contributed by atoms with Gasteiger partial charge in [-0.2, -0.15) is 0 Å². The van der Waals surface area contributed by atoms with Gasteiger partial charge in [0.25, 0.3) is 0 Å². The third-order valence-corrected chi connectivity index (χ3v) is 2.92. The van der Waals surface area contributed by atoms with E-state index in [9.17, 15) is 13.9 Å². The fraction of sp³-hybridized carbons (Fsp3) is 0.600. The van der Waals surface area contributed by atoms with Gasteiger partial charge in [0.05, 0.1) is 5.60 Å². The zero-order valence-electron chi connectivity index (χ0n) is 11.5. The third-order valence-electron chi connectivity index (χ3n) is 2.92. The molecule has 0 amide bonds. The molecule has 0 fully saturated rings. The van der Waals surface area contributed by atoms with Gasteiger partial charge in [0.2, 0.25) is 0 Å². The van der Waals surface area contributed by atoms with Crippen LogP contribution in [0, 0.1) is 23.5 Å². The van der Waals surface area contributed by atoms with Crippen molar-refractivity contribution in [2.75, 3.05) is 0 Å². The summed E-state index contributed by atoms with van der Waals surface area (Å²) in [6.45, 7) is 7.92. The van der Waals surface area contributed by atoms with E-state index in [-0.39, 0.29) is 17.4 Å². The van der Waals surface area contributed by atoms with E-state index in [1.807, 2.05) is 27.7 Å². The molecule has 0 radical (unpaired) electrons. The normalized spacial score (nSPS) is 12.5. The SMILES string of the molecule is CC(C)CC(O)(CC(C)C)c1ccc(F)cc1F. The first-order valence-electron chi connectivity index (χ1n) is 6.42. The predicted molar refractivity (Wildman–Crippen MR) is 69.2 cm³/mol. The van der Waals surface area contributed by atoms with Crippen LogP contribution in [0.1, 0.15) is 46.1 Å². The van der Waals surface area contributed by atoms with E-state index >= 15 is 0 Å². The zero-order chi connectivity index (χ0) is 13.9. The molecule has 1 nitrogen and oxygen atoms in total. The van der Waals surface area contributed by atoms with E-state index in [0.29, 0.717) is 12.8 Å². The number of benzene rings is 1. The van der Waals surface area contributed by atoms with Gasteiger partial charge in [-0.15, -0.1) is 0 Å². The molecule has 1 rings (SSSR count). The summed E-state index contributed by atoms with van der Waals surface area (Å²) < 4.78 is 26.8. The van der Waals surface area contributed by atoms with Gasteiger partial charge in [-0.1, -0.05) is 33.8 Å². The van der Waals surface area contributed by atoms with Gasteiger partial charge in [0.1, 0.15) is 11.6 Å². The average molecular weight is 256 g/mol. The minimum atomic E-state index is -1.22. The lowest BCUT2D eigenvalue weighted by molar-refractivity contribution is -0.00761. The monoisotopic (exact) mass is 256 g/mol. The number of aliphatic hydroxyl groups is 1. The van der Waals surface area contributed by atoms with Gasteiger partial charge < -0.3 is 5.11 Å². The molecule has 0 unspecified atom stereocenters. The smallest absolute Gasteiger partial charge is 0.132 e. The van der Waals surface area contributed by atoms with Gasteiger partial charge in [-0.3, -0.25) is 0 Å². The van der Waals surface area contributed by atoms with E-state index in [4.69, 9.17) is 0 Å². The summed E-state index contributed by atoms with van der Waals surface area (Å²) >= 11 is 0.